The van der Waals surface area contributed by atoms with E-state index < -0.39 is 0 Å². The van der Waals surface area contributed by atoms with E-state index in [0.717, 1.165) is 29.8 Å². The van der Waals surface area contributed by atoms with Gasteiger partial charge in [-0.15, -0.1) is 0 Å². The maximum Gasteiger partial charge on any atom is 0.263 e. The largest absolute Gasteiger partial charge is 0.399 e. The normalized spacial score (nSPS) is 13.9. The summed E-state index contributed by atoms with van der Waals surface area (Å²) in [4.78, 5) is 29.3. The van der Waals surface area contributed by atoms with Crippen LogP contribution in [0.15, 0.2) is 35.3 Å². The molecule has 0 atom stereocenters. The van der Waals surface area contributed by atoms with Crippen LogP contribution in [0.5, 0.6) is 0 Å². The summed E-state index contributed by atoms with van der Waals surface area (Å²) in [5.41, 5.74) is 8.99. The molecule has 0 saturated heterocycles. The van der Waals surface area contributed by atoms with Crippen molar-refractivity contribution in [3.05, 3.63) is 57.5 Å². The van der Waals surface area contributed by atoms with E-state index >= 15 is 0 Å². The lowest BCUT2D eigenvalue weighted by atomic mass is 10.0. The van der Waals surface area contributed by atoms with Crippen LogP contribution >= 0.6 is 0 Å². The van der Waals surface area contributed by atoms with Gasteiger partial charge >= 0.3 is 0 Å². The van der Waals surface area contributed by atoms with Gasteiger partial charge in [0, 0.05) is 35.9 Å². The zero-order chi connectivity index (χ0) is 15.0. The number of benzene rings is 1. The van der Waals surface area contributed by atoms with Crippen molar-refractivity contribution in [2.24, 2.45) is 0 Å². The zero-order valence-corrected chi connectivity index (χ0v) is 11.8. The molecule has 3 N–H and O–H groups in total. The molecule has 2 aromatic rings. The number of carbonyl (C=O) groups is 1. The number of carbonyl (C=O) groups excluding carboxylic acids is 1. The van der Waals surface area contributed by atoms with Gasteiger partial charge in [-0.1, -0.05) is 6.07 Å². The Hall–Kier alpha value is -2.56. The Morgan fingerprint density at radius 2 is 2.14 bits per heavy atom. The first-order valence-electron chi connectivity index (χ1n) is 6.96. The molecule has 1 aliphatic heterocycles. The number of aryl methyl sites for hydroxylation is 2. The van der Waals surface area contributed by atoms with Crippen molar-refractivity contribution in [3.8, 4) is 0 Å². The van der Waals surface area contributed by atoms with Crippen LogP contribution in [-0.2, 0) is 6.42 Å². The summed E-state index contributed by atoms with van der Waals surface area (Å²) in [6.07, 6.45) is 3.29. The lowest BCUT2D eigenvalue weighted by Crippen LogP contribution is -2.38. The highest BCUT2D eigenvalue weighted by Crippen LogP contribution is 2.29. The summed E-state index contributed by atoms with van der Waals surface area (Å²) < 4.78 is 0. The minimum atomic E-state index is -0.275. The van der Waals surface area contributed by atoms with Crippen LogP contribution in [0.1, 0.15) is 28.0 Å². The predicted molar refractivity (Wildman–Crippen MR) is 82.7 cm³/mol. The van der Waals surface area contributed by atoms with Crippen molar-refractivity contribution in [1.29, 1.82) is 0 Å². The van der Waals surface area contributed by atoms with Crippen LogP contribution in [0.3, 0.4) is 0 Å². The fraction of sp³-hybridized carbons (Fsp3) is 0.250. The molecule has 0 bridgehead atoms. The number of pyridine rings is 1. The third-order valence-electron chi connectivity index (χ3n) is 3.76. The summed E-state index contributed by atoms with van der Waals surface area (Å²) in [5.74, 6) is -0.275. The quantitative estimate of drug-likeness (QED) is 0.784. The van der Waals surface area contributed by atoms with Gasteiger partial charge in [0.15, 0.2) is 5.43 Å². The van der Waals surface area contributed by atoms with E-state index in [1.807, 2.05) is 12.1 Å². The molecule has 1 aromatic carbocycles. The van der Waals surface area contributed by atoms with Crippen LogP contribution in [-0.4, -0.2) is 17.4 Å². The molecule has 0 unspecified atom stereocenters. The number of rotatable bonds is 1. The van der Waals surface area contributed by atoms with E-state index in [1.165, 1.54) is 12.3 Å². The number of hydrogen-bond acceptors (Lipinski definition) is 3. The number of nitrogen functional groups attached to an aromatic ring is 1. The number of H-pyrrole nitrogens is 1. The fourth-order valence-electron chi connectivity index (χ4n) is 2.69. The summed E-state index contributed by atoms with van der Waals surface area (Å²) >= 11 is 0. The number of nitrogens with zero attached hydrogens (tertiary/aromatic N) is 1. The molecule has 0 spiro atoms. The lowest BCUT2D eigenvalue weighted by Gasteiger charge is -2.29. The fourth-order valence-corrected chi connectivity index (χ4v) is 2.69. The van der Waals surface area contributed by atoms with Crippen LogP contribution in [0.2, 0.25) is 0 Å². The van der Waals surface area contributed by atoms with E-state index in [1.54, 1.807) is 17.9 Å². The van der Waals surface area contributed by atoms with Crippen molar-refractivity contribution in [3.63, 3.8) is 0 Å². The highest BCUT2D eigenvalue weighted by Gasteiger charge is 2.25. The minimum absolute atomic E-state index is 0.163. The number of aromatic amines is 1. The molecular weight excluding hydrogens is 266 g/mol. The Kier molecular flexibility index (Phi) is 3.25. The first-order chi connectivity index (χ1) is 10.1. The number of aromatic nitrogens is 1. The Labute approximate surface area is 122 Å². The van der Waals surface area contributed by atoms with Gasteiger partial charge in [-0.05, 0) is 37.5 Å². The number of fused-ring (bicyclic) bond motifs is 1. The van der Waals surface area contributed by atoms with Crippen LogP contribution in [0, 0.1) is 6.92 Å². The van der Waals surface area contributed by atoms with Gasteiger partial charge in [-0.2, -0.15) is 0 Å². The monoisotopic (exact) mass is 283 g/mol. The SMILES string of the molecule is Cc1cc(=O)c(C(=O)N2CCCc3ccc(N)cc32)c[nH]1. The van der Waals surface area contributed by atoms with Crippen molar-refractivity contribution in [2.45, 2.75) is 19.8 Å². The standard InChI is InChI=1S/C16H17N3O2/c1-10-7-15(20)13(9-18-10)16(21)19-6-2-3-11-4-5-12(17)8-14(11)19/h4-5,7-9H,2-3,6,17H2,1H3,(H,18,20). The molecule has 0 radical (unpaired) electrons. The van der Waals surface area contributed by atoms with Gasteiger partial charge in [0.2, 0.25) is 0 Å². The van der Waals surface area contributed by atoms with Gasteiger partial charge in [0.1, 0.15) is 5.56 Å². The molecule has 3 rings (SSSR count). The average molecular weight is 283 g/mol. The maximum absolute atomic E-state index is 12.7. The van der Waals surface area contributed by atoms with Crippen molar-refractivity contribution in [1.82, 2.24) is 4.98 Å². The van der Waals surface area contributed by atoms with E-state index in [0.29, 0.717) is 12.2 Å². The second kappa shape index (κ2) is 5.09. The molecule has 1 amide bonds. The third-order valence-corrected chi connectivity index (χ3v) is 3.76. The van der Waals surface area contributed by atoms with Gasteiger partial charge in [0.05, 0.1) is 0 Å². The second-order valence-corrected chi connectivity index (χ2v) is 5.34. The smallest absolute Gasteiger partial charge is 0.263 e. The lowest BCUT2D eigenvalue weighted by molar-refractivity contribution is 0.0984. The van der Waals surface area contributed by atoms with Crippen LogP contribution < -0.4 is 16.1 Å². The molecular formula is C16H17N3O2. The van der Waals surface area contributed by atoms with E-state index in [-0.39, 0.29) is 16.9 Å². The highest BCUT2D eigenvalue weighted by atomic mass is 16.2. The average Bonchev–Trinajstić information content (AvgIpc) is 2.46. The number of anilines is 2. The Bertz CT molecular complexity index is 764. The molecule has 1 aromatic heterocycles. The maximum atomic E-state index is 12.7. The number of hydrogen-bond donors (Lipinski definition) is 2. The summed E-state index contributed by atoms with van der Waals surface area (Å²) in [6.45, 7) is 2.38. The molecule has 5 heteroatoms. The molecule has 108 valence electrons. The van der Waals surface area contributed by atoms with E-state index in [9.17, 15) is 9.59 Å². The minimum Gasteiger partial charge on any atom is -0.399 e. The first kappa shape index (κ1) is 13.4. The van der Waals surface area contributed by atoms with Crippen molar-refractivity contribution < 1.29 is 4.79 Å². The summed E-state index contributed by atoms with van der Waals surface area (Å²) in [6, 6.07) is 7.03. The molecule has 0 saturated carbocycles. The van der Waals surface area contributed by atoms with Crippen LogP contribution in [0.25, 0.3) is 0 Å². The summed E-state index contributed by atoms with van der Waals surface area (Å²) in [5, 5.41) is 0. The van der Waals surface area contributed by atoms with Gasteiger partial charge in [-0.25, -0.2) is 0 Å². The van der Waals surface area contributed by atoms with Crippen molar-refractivity contribution >= 4 is 17.3 Å². The van der Waals surface area contributed by atoms with Gasteiger partial charge in [-0.3, -0.25) is 9.59 Å². The molecule has 0 aliphatic carbocycles. The van der Waals surface area contributed by atoms with Crippen molar-refractivity contribution in [2.75, 3.05) is 17.2 Å². The number of amides is 1. The Morgan fingerprint density at radius 3 is 2.90 bits per heavy atom. The Morgan fingerprint density at radius 1 is 1.33 bits per heavy atom. The molecule has 0 fully saturated rings. The molecule has 1 aliphatic rings. The highest BCUT2D eigenvalue weighted by molar-refractivity contribution is 6.06. The van der Waals surface area contributed by atoms with Gasteiger partial charge in [0.25, 0.3) is 5.91 Å². The molecule has 5 nitrogen and oxygen atoms in total. The molecule has 2 heterocycles. The van der Waals surface area contributed by atoms with E-state index in [2.05, 4.69) is 4.98 Å². The summed E-state index contributed by atoms with van der Waals surface area (Å²) in [7, 11) is 0. The zero-order valence-electron chi connectivity index (χ0n) is 11.8. The number of nitrogens with two attached hydrogens (primary N) is 1. The third kappa shape index (κ3) is 2.42. The van der Waals surface area contributed by atoms with Crippen LogP contribution in [0.4, 0.5) is 11.4 Å². The van der Waals surface area contributed by atoms with Gasteiger partial charge < -0.3 is 15.6 Å². The number of nitrogens with one attached hydrogen (secondary N) is 1. The topological polar surface area (TPSA) is 79.2 Å². The molecule has 21 heavy (non-hydrogen) atoms. The van der Waals surface area contributed by atoms with E-state index in [4.69, 9.17) is 5.73 Å². The second-order valence-electron chi connectivity index (χ2n) is 5.34. The first-order valence-corrected chi connectivity index (χ1v) is 6.96. The Balaban J connectivity index is 2.04. The predicted octanol–water partition coefficient (Wildman–Crippen LogP) is 1.86.